The molecule has 1 atom stereocenters. The lowest BCUT2D eigenvalue weighted by Crippen LogP contribution is -2.18. The van der Waals surface area contributed by atoms with Crippen LogP contribution >= 0.6 is 0 Å². The number of fused-ring (bicyclic) bond motifs is 1. The van der Waals surface area contributed by atoms with E-state index in [1.807, 2.05) is 10.9 Å². The zero-order valence-electron chi connectivity index (χ0n) is 15.8. The van der Waals surface area contributed by atoms with Gasteiger partial charge in [0.15, 0.2) is 0 Å². The summed E-state index contributed by atoms with van der Waals surface area (Å²) in [5, 5.41) is 8.22. The molecule has 3 aromatic rings. The van der Waals surface area contributed by atoms with Crippen LogP contribution in [-0.4, -0.2) is 41.5 Å². The second-order valence-electron chi connectivity index (χ2n) is 6.57. The first-order valence-corrected chi connectivity index (χ1v) is 9.19. The molecule has 1 amide bonds. The first kappa shape index (κ1) is 18.2. The van der Waals surface area contributed by atoms with Crippen LogP contribution in [0.5, 0.6) is 11.6 Å². The van der Waals surface area contributed by atoms with Crippen molar-refractivity contribution in [3.63, 3.8) is 0 Å². The molecule has 1 unspecified atom stereocenters. The third-order valence-corrected chi connectivity index (χ3v) is 4.70. The van der Waals surface area contributed by atoms with Gasteiger partial charge in [-0.05, 0) is 37.5 Å². The summed E-state index contributed by atoms with van der Waals surface area (Å²) in [4.78, 5) is 16.9. The first-order chi connectivity index (χ1) is 13.7. The molecule has 146 valence electrons. The Morgan fingerprint density at radius 2 is 2.14 bits per heavy atom. The molecule has 0 spiro atoms. The van der Waals surface area contributed by atoms with E-state index in [1.165, 1.54) is 7.11 Å². The minimum absolute atomic E-state index is 0.0795. The van der Waals surface area contributed by atoms with Gasteiger partial charge >= 0.3 is 0 Å². The van der Waals surface area contributed by atoms with Crippen LogP contribution in [-0.2, 0) is 4.74 Å². The number of ether oxygens (including phenoxy) is 3. The molecule has 4 rings (SSSR count). The summed E-state index contributed by atoms with van der Waals surface area (Å²) in [7, 11) is 3.09. The molecule has 1 fully saturated rings. The maximum absolute atomic E-state index is 12.7. The largest absolute Gasteiger partial charge is 0.494 e. The highest BCUT2D eigenvalue weighted by Gasteiger charge is 2.20. The molecule has 1 aromatic carbocycles. The van der Waals surface area contributed by atoms with E-state index in [9.17, 15) is 4.79 Å². The van der Waals surface area contributed by atoms with Crippen LogP contribution in [0.25, 0.3) is 10.9 Å². The van der Waals surface area contributed by atoms with Gasteiger partial charge in [-0.1, -0.05) is 6.07 Å². The number of anilines is 1. The number of carbonyl (C=O) groups is 1. The van der Waals surface area contributed by atoms with Crippen molar-refractivity contribution < 1.29 is 19.0 Å². The van der Waals surface area contributed by atoms with E-state index in [0.717, 1.165) is 31.3 Å². The smallest absolute Gasteiger partial charge is 0.256 e. The number of nitrogens with zero attached hydrogens (tertiary/aromatic N) is 3. The highest BCUT2D eigenvalue weighted by Crippen LogP contribution is 2.30. The third-order valence-electron chi connectivity index (χ3n) is 4.70. The van der Waals surface area contributed by atoms with Crippen molar-refractivity contribution in [1.29, 1.82) is 0 Å². The number of methoxy groups -OCH3 is 2. The van der Waals surface area contributed by atoms with E-state index >= 15 is 0 Å². The molecular weight excluding hydrogens is 360 g/mol. The maximum atomic E-state index is 12.7. The van der Waals surface area contributed by atoms with Gasteiger partial charge < -0.3 is 19.5 Å². The number of aromatic nitrogens is 3. The van der Waals surface area contributed by atoms with Gasteiger partial charge in [0, 0.05) is 29.8 Å². The van der Waals surface area contributed by atoms with Crippen molar-refractivity contribution in [2.75, 3.05) is 26.1 Å². The Morgan fingerprint density at radius 1 is 1.25 bits per heavy atom. The van der Waals surface area contributed by atoms with Gasteiger partial charge in [-0.15, -0.1) is 0 Å². The summed E-state index contributed by atoms with van der Waals surface area (Å²) in [6, 6.07) is 8.65. The second-order valence-corrected chi connectivity index (χ2v) is 6.57. The number of amides is 1. The molecule has 0 aliphatic carbocycles. The quantitative estimate of drug-likeness (QED) is 0.728. The first-order valence-electron chi connectivity index (χ1n) is 9.19. The highest BCUT2D eigenvalue weighted by atomic mass is 16.5. The van der Waals surface area contributed by atoms with E-state index in [4.69, 9.17) is 14.2 Å². The summed E-state index contributed by atoms with van der Waals surface area (Å²) in [6.07, 6.45) is 4.92. The second kappa shape index (κ2) is 7.85. The van der Waals surface area contributed by atoms with Crippen LogP contribution in [0, 0.1) is 0 Å². The molecule has 28 heavy (non-hydrogen) atoms. The molecule has 0 saturated carbocycles. The third kappa shape index (κ3) is 3.63. The van der Waals surface area contributed by atoms with Gasteiger partial charge in [-0.3, -0.25) is 4.79 Å². The topological polar surface area (TPSA) is 87.5 Å². The van der Waals surface area contributed by atoms with Gasteiger partial charge in [0.25, 0.3) is 5.91 Å². The van der Waals surface area contributed by atoms with Crippen LogP contribution in [0.2, 0.25) is 0 Å². The van der Waals surface area contributed by atoms with Gasteiger partial charge in [-0.25, -0.2) is 4.68 Å². The van der Waals surface area contributed by atoms with E-state index < -0.39 is 0 Å². The molecule has 0 radical (unpaired) electrons. The standard InChI is InChI=1S/C20H22N4O4/c1-26-15-11-13(20(25)22-16-6-5-7-17(21-16)27-2)10-14-12-24(23-19(14)15)18-8-3-4-9-28-18/h5-7,10-12,18H,3-4,8-9H2,1-2H3,(H,21,22,25). The summed E-state index contributed by atoms with van der Waals surface area (Å²) in [5.74, 6) is 1.09. The van der Waals surface area contributed by atoms with E-state index in [-0.39, 0.29) is 12.1 Å². The number of hydrogen-bond acceptors (Lipinski definition) is 6. The predicted octanol–water partition coefficient (Wildman–Crippen LogP) is 3.40. The summed E-state index contributed by atoms with van der Waals surface area (Å²) in [6.45, 7) is 0.735. The molecular formula is C20H22N4O4. The van der Waals surface area contributed by atoms with Crippen LogP contribution < -0.4 is 14.8 Å². The Labute approximate surface area is 162 Å². The normalized spacial score (nSPS) is 16.7. The molecule has 2 aromatic heterocycles. The van der Waals surface area contributed by atoms with Crippen molar-refractivity contribution in [3.05, 3.63) is 42.1 Å². The summed E-state index contributed by atoms with van der Waals surface area (Å²) < 4.78 is 18.2. The minimum atomic E-state index is -0.289. The van der Waals surface area contributed by atoms with Crippen molar-refractivity contribution in [1.82, 2.24) is 14.8 Å². The van der Waals surface area contributed by atoms with Crippen molar-refractivity contribution in [2.24, 2.45) is 0 Å². The molecule has 1 saturated heterocycles. The van der Waals surface area contributed by atoms with Gasteiger partial charge in [0.2, 0.25) is 5.88 Å². The lowest BCUT2D eigenvalue weighted by Gasteiger charge is -2.22. The van der Waals surface area contributed by atoms with Gasteiger partial charge in [-0.2, -0.15) is 10.1 Å². The van der Waals surface area contributed by atoms with Crippen LogP contribution in [0.15, 0.2) is 36.5 Å². The fourth-order valence-corrected chi connectivity index (χ4v) is 3.27. The Morgan fingerprint density at radius 3 is 2.89 bits per heavy atom. The van der Waals surface area contributed by atoms with E-state index in [2.05, 4.69) is 15.4 Å². The molecule has 8 heteroatoms. The molecule has 3 heterocycles. The molecule has 1 aliphatic heterocycles. The maximum Gasteiger partial charge on any atom is 0.256 e. The number of pyridine rings is 1. The van der Waals surface area contributed by atoms with E-state index in [1.54, 1.807) is 37.4 Å². The highest BCUT2D eigenvalue weighted by molar-refractivity contribution is 6.06. The van der Waals surface area contributed by atoms with Crippen molar-refractivity contribution in [3.8, 4) is 11.6 Å². The average Bonchev–Trinajstić information content (AvgIpc) is 3.18. The van der Waals surface area contributed by atoms with Gasteiger partial charge in [0.05, 0.1) is 14.2 Å². The number of rotatable bonds is 5. The SMILES string of the molecule is COc1cccc(NC(=O)c2cc(OC)c3nn(C4CCCCO4)cc3c2)n1. The van der Waals surface area contributed by atoms with Crippen LogP contribution in [0.3, 0.4) is 0 Å². The number of hydrogen-bond donors (Lipinski definition) is 1. The van der Waals surface area contributed by atoms with E-state index in [0.29, 0.717) is 28.5 Å². The number of nitrogens with one attached hydrogen (secondary N) is 1. The van der Waals surface area contributed by atoms with Crippen molar-refractivity contribution in [2.45, 2.75) is 25.5 Å². The zero-order chi connectivity index (χ0) is 19.5. The number of carbonyl (C=O) groups excluding carboxylic acids is 1. The molecule has 1 N–H and O–H groups in total. The lowest BCUT2D eigenvalue weighted by molar-refractivity contribution is -0.0390. The lowest BCUT2D eigenvalue weighted by atomic mass is 10.1. The van der Waals surface area contributed by atoms with Crippen LogP contribution in [0.1, 0.15) is 35.8 Å². The zero-order valence-corrected chi connectivity index (χ0v) is 15.8. The summed E-state index contributed by atoms with van der Waals surface area (Å²) >= 11 is 0. The number of benzene rings is 1. The fourth-order valence-electron chi connectivity index (χ4n) is 3.27. The minimum Gasteiger partial charge on any atom is -0.494 e. The van der Waals surface area contributed by atoms with Gasteiger partial charge in [0.1, 0.15) is 23.3 Å². The molecule has 8 nitrogen and oxygen atoms in total. The Bertz CT molecular complexity index is 995. The Hall–Kier alpha value is -3.13. The fraction of sp³-hybridized carbons (Fsp3) is 0.350. The Kier molecular flexibility index (Phi) is 5.12. The van der Waals surface area contributed by atoms with Crippen LogP contribution in [0.4, 0.5) is 5.82 Å². The monoisotopic (exact) mass is 382 g/mol. The molecule has 0 bridgehead atoms. The molecule has 1 aliphatic rings. The Balaban J connectivity index is 1.63. The average molecular weight is 382 g/mol. The predicted molar refractivity (Wildman–Crippen MR) is 104 cm³/mol. The van der Waals surface area contributed by atoms with Crippen molar-refractivity contribution >= 4 is 22.6 Å². The summed E-state index contributed by atoms with van der Waals surface area (Å²) in [5.41, 5.74) is 1.16.